The first kappa shape index (κ1) is 23.2. The van der Waals surface area contributed by atoms with E-state index >= 15 is 0 Å². The molecule has 0 atom stereocenters. The molecule has 0 radical (unpaired) electrons. The van der Waals surface area contributed by atoms with E-state index in [9.17, 15) is 19.2 Å². The third-order valence-corrected chi connectivity index (χ3v) is 4.67. The molecule has 0 spiro atoms. The zero-order chi connectivity index (χ0) is 24.0. The first-order chi connectivity index (χ1) is 15.8. The monoisotopic (exact) mass is 448 g/mol. The zero-order valence-electron chi connectivity index (χ0n) is 18.1. The van der Waals surface area contributed by atoms with Crippen LogP contribution in [0.15, 0.2) is 66.7 Å². The van der Waals surface area contributed by atoms with Gasteiger partial charge in [0.25, 0.3) is 0 Å². The van der Waals surface area contributed by atoms with Crippen LogP contribution < -0.4 is 9.47 Å². The van der Waals surface area contributed by atoms with E-state index in [0.717, 1.165) is 0 Å². The summed E-state index contributed by atoms with van der Waals surface area (Å²) in [6.07, 6.45) is 0. The number of hydrogen-bond donors (Lipinski definition) is 0. The molecule has 0 amide bonds. The van der Waals surface area contributed by atoms with Crippen molar-refractivity contribution in [3.05, 3.63) is 94.5 Å². The van der Waals surface area contributed by atoms with Gasteiger partial charge in [-0.1, -0.05) is 24.3 Å². The summed E-state index contributed by atoms with van der Waals surface area (Å²) < 4.78 is 20.1. The summed E-state index contributed by atoms with van der Waals surface area (Å²) >= 11 is 0. The van der Waals surface area contributed by atoms with E-state index in [0.29, 0.717) is 5.56 Å². The highest BCUT2D eigenvalue weighted by atomic mass is 16.6. The minimum absolute atomic E-state index is 0.0508. The normalized spacial score (nSPS) is 10.2. The number of ether oxygens (including phenoxy) is 4. The number of benzene rings is 3. The molecule has 0 aromatic heterocycles. The molecular formula is C25H20O8. The quantitative estimate of drug-likeness (QED) is 0.412. The van der Waals surface area contributed by atoms with E-state index in [4.69, 9.17) is 18.9 Å². The second-order valence-electron chi connectivity index (χ2n) is 6.78. The third-order valence-electron chi connectivity index (χ3n) is 4.67. The van der Waals surface area contributed by atoms with Crippen LogP contribution in [-0.2, 0) is 9.47 Å². The van der Waals surface area contributed by atoms with Crippen LogP contribution >= 0.6 is 0 Å². The standard InChI is InChI=1S/C25H20O8/c1-15-14-16(22(26)32-20-10-6-4-8-18(20)23(27)30-2)12-13-17(15)25(29)33-21-11-7-5-9-19(21)24(28)31-3/h4-14H,1-3H3. The summed E-state index contributed by atoms with van der Waals surface area (Å²) in [5.74, 6) is -2.60. The van der Waals surface area contributed by atoms with Crippen LogP contribution in [0, 0.1) is 6.92 Å². The summed E-state index contributed by atoms with van der Waals surface area (Å²) in [5, 5.41) is 0. The second kappa shape index (κ2) is 10.2. The van der Waals surface area contributed by atoms with Crippen LogP contribution in [0.5, 0.6) is 11.5 Å². The lowest BCUT2D eigenvalue weighted by Gasteiger charge is -2.11. The first-order valence-electron chi connectivity index (χ1n) is 9.75. The van der Waals surface area contributed by atoms with Gasteiger partial charge in [0, 0.05) is 0 Å². The summed E-state index contributed by atoms with van der Waals surface area (Å²) in [7, 11) is 2.46. The van der Waals surface area contributed by atoms with Crippen LogP contribution in [0.4, 0.5) is 0 Å². The Balaban J connectivity index is 1.80. The Labute approximate surface area is 189 Å². The predicted molar refractivity (Wildman–Crippen MR) is 117 cm³/mol. The molecule has 3 rings (SSSR count). The van der Waals surface area contributed by atoms with Crippen molar-refractivity contribution < 1.29 is 38.1 Å². The van der Waals surface area contributed by atoms with Crippen molar-refractivity contribution in [1.29, 1.82) is 0 Å². The molecule has 0 N–H and O–H groups in total. The van der Waals surface area contributed by atoms with Gasteiger partial charge in [-0.05, 0) is 55.0 Å². The molecule has 0 fully saturated rings. The Morgan fingerprint density at radius 1 is 0.576 bits per heavy atom. The SMILES string of the molecule is COC(=O)c1ccccc1OC(=O)c1ccc(C(=O)Oc2ccccc2C(=O)OC)c(C)c1. The Morgan fingerprint density at radius 2 is 1.06 bits per heavy atom. The number of rotatable bonds is 6. The molecule has 0 bridgehead atoms. The lowest BCUT2D eigenvalue weighted by molar-refractivity contribution is 0.0579. The van der Waals surface area contributed by atoms with Crippen molar-refractivity contribution in [3.8, 4) is 11.5 Å². The summed E-state index contributed by atoms with van der Waals surface area (Å²) in [6, 6.07) is 16.7. The van der Waals surface area contributed by atoms with E-state index in [2.05, 4.69) is 0 Å². The number of aryl methyl sites for hydroxylation is 1. The van der Waals surface area contributed by atoms with E-state index in [1.807, 2.05) is 0 Å². The van der Waals surface area contributed by atoms with Gasteiger partial charge in [-0.2, -0.15) is 0 Å². The largest absolute Gasteiger partial charge is 0.465 e. The van der Waals surface area contributed by atoms with Crippen LogP contribution in [0.2, 0.25) is 0 Å². The minimum atomic E-state index is -0.717. The van der Waals surface area contributed by atoms with Gasteiger partial charge < -0.3 is 18.9 Å². The Kier molecular flexibility index (Phi) is 7.20. The average Bonchev–Trinajstić information content (AvgIpc) is 2.83. The molecule has 0 aliphatic rings. The summed E-state index contributed by atoms with van der Waals surface area (Å²) in [5.41, 5.74) is 1.02. The Morgan fingerprint density at radius 3 is 1.55 bits per heavy atom. The maximum atomic E-state index is 12.7. The molecule has 168 valence electrons. The fourth-order valence-corrected chi connectivity index (χ4v) is 3.00. The molecular weight excluding hydrogens is 428 g/mol. The summed E-state index contributed by atoms with van der Waals surface area (Å²) in [4.78, 5) is 49.0. The molecule has 3 aromatic carbocycles. The van der Waals surface area contributed by atoms with Crippen LogP contribution in [-0.4, -0.2) is 38.1 Å². The van der Waals surface area contributed by atoms with Crippen molar-refractivity contribution in [2.24, 2.45) is 0 Å². The molecule has 3 aromatic rings. The van der Waals surface area contributed by atoms with E-state index in [1.165, 1.54) is 56.7 Å². The van der Waals surface area contributed by atoms with Gasteiger partial charge in [0.05, 0.1) is 25.3 Å². The maximum absolute atomic E-state index is 12.7. The maximum Gasteiger partial charge on any atom is 0.343 e. The fraction of sp³-hybridized carbons (Fsp3) is 0.120. The molecule has 0 saturated heterocycles. The zero-order valence-corrected chi connectivity index (χ0v) is 18.1. The molecule has 8 nitrogen and oxygen atoms in total. The third kappa shape index (κ3) is 5.24. The molecule has 0 heterocycles. The highest BCUT2D eigenvalue weighted by Gasteiger charge is 2.20. The molecule has 0 aliphatic carbocycles. The number of para-hydroxylation sites is 2. The van der Waals surface area contributed by atoms with Gasteiger partial charge >= 0.3 is 23.9 Å². The number of esters is 4. The highest BCUT2D eigenvalue weighted by Crippen LogP contribution is 2.23. The van der Waals surface area contributed by atoms with Crippen molar-refractivity contribution >= 4 is 23.9 Å². The van der Waals surface area contributed by atoms with Gasteiger partial charge in [0.1, 0.15) is 22.6 Å². The van der Waals surface area contributed by atoms with Crippen molar-refractivity contribution in [3.63, 3.8) is 0 Å². The number of methoxy groups -OCH3 is 2. The molecule has 0 aliphatic heterocycles. The Hall–Kier alpha value is -4.46. The number of hydrogen-bond acceptors (Lipinski definition) is 8. The van der Waals surface area contributed by atoms with Gasteiger partial charge in [-0.25, -0.2) is 19.2 Å². The van der Waals surface area contributed by atoms with Crippen LogP contribution in [0.1, 0.15) is 47.0 Å². The van der Waals surface area contributed by atoms with E-state index in [-0.39, 0.29) is 33.8 Å². The van der Waals surface area contributed by atoms with E-state index < -0.39 is 23.9 Å². The van der Waals surface area contributed by atoms with Gasteiger partial charge in [0.2, 0.25) is 0 Å². The molecule has 8 heteroatoms. The average molecular weight is 448 g/mol. The topological polar surface area (TPSA) is 105 Å². The van der Waals surface area contributed by atoms with Gasteiger partial charge in [-0.15, -0.1) is 0 Å². The van der Waals surface area contributed by atoms with Crippen LogP contribution in [0.3, 0.4) is 0 Å². The molecule has 0 saturated carbocycles. The second-order valence-corrected chi connectivity index (χ2v) is 6.78. The first-order valence-corrected chi connectivity index (χ1v) is 9.75. The van der Waals surface area contributed by atoms with Crippen molar-refractivity contribution in [1.82, 2.24) is 0 Å². The van der Waals surface area contributed by atoms with E-state index in [1.54, 1.807) is 31.2 Å². The fourth-order valence-electron chi connectivity index (χ4n) is 3.00. The lowest BCUT2D eigenvalue weighted by atomic mass is 10.1. The van der Waals surface area contributed by atoms with Crippen molar-refractivity contribution in [2.45, 2.75) is 6.92 Å². The van der Waals surface area contributed by atoms with Crippen molar-refractivity contribution in [2.75, 3.05) is 14.2 Å². The smallest absolute Gasteiger partial charge is 0.343 e. The van der Waals surface area contributed by atoms with Crippen LogP contribution in [0.25, 0.3) is 0 Å². The molecule has 33 heavy (non-hydrogen) atoms. The highest BCUT2D eigenvalue weighted by molar-refractivity contribution is 5.99. The predicted octanol–water partition coefficient (Wildman–Crippen LogP) is 4.01. The lowest BCUT2D eigenvalue weighted by Crippen LogP contribution is -2.15. The van der Waals surface area contributed by atoms with Gasteiger partial charge in [-0.3, -0.25) is 0 Å². The van der Waals surface area contributed by atoms with Gasteiger partial charge in [0.15, 0.2) is 0 Å². The number of carbonyl (C=O) groups is 4. The number of carbonyl (C=O) groups excluding carboxylic acids is 4. The Bertz CT molecular complexity index is 1230. The molecule has 0 unspecified atom stereocenters. The minimum Gasteiger partial charge on any atom is -0.465 e. The summed E-state index contributed by atoms with van der Waals surface area (Å²) in [6.45, 7) is 1.63.